The van der Waals surface area contributed by atoms with E-state index in [2.05, 4.69) is 10.3 Å². The molecule has 0 radical (unpaired) electrons. The van der Waals surface area contributed by atoms with E-state index in [9.17, 15) is 8.42 Å². The van der Waals surface area contributed by atoms with Crippen LogP contribution in [0.25, 0.3) is 10.6 Å². The molecule has 3 rings (SSSR count). The van der Waals surface area contributed by atoms with Crippen LogP contribution >= 0.6 is 11.3 Å². The van der Waals surface area contributed by atoms with E-state index >= 15 is 0 Å². The Kier molecular flexibility index (Phi) is 4.55. The van der Waals surface area contributed by atoms with Crippen LogP contribution < -0.4 is 5.32 Å². The van der Waals surface area contributed by atoms with Crippen LogP contribution in [0.5, 0.6) is 0 Å². The topological polar surface area (TPSA) is 62.3 Å². The second-order valence-corrected chi connectivity index (χ2v) is 8.67. The number of aryl methyl sites for hydroxylation is 1. The van der Waals surface area contributed by atoms with Crippen molar-refractivity contribution in [3.8, 4) is 10.6 Å². The molecule has 124 valence electrons. The van der Waals surface area contributed by atoms with Gasteiger partial charge in [0, 0.05) is 41.8 Å². The summed E-state index contributed by atoms with van der Waals surface area (Å²) in [6.45, 7) is 7.07. The van der Waals surface area contributed by atoms with Gasteiger partial charge in [-0.05, 0) is 32.9 Å². The molecule has 2 atom stereocenters. The van der Waals surface area contributed by atoms with E-state index in [4.69, 9.17) is 0 Å². The number of piperazine rings is 1. The number of benzene rings is 1. The highest BCUT2D eigenvalue weighted by molar-refractivity contribution is 7.89. The number of hydrogen-bond acceptors (Lipinski definition) is 5. The minimum atomic E-state index is -3.50. The highest BCUT2D eigenvalue weighted by atomic mass is 32.2. The number of thiazole rings is 1. The van der Waals surface area contributed by atoms with Crippen LogP contribution in [0.15, 0.2) is 34.5 Å². The van der Waals surface area contributed by atoms with Crippen LogP contribution in [0.1, 0.15) is 19.5 Å². The van der Waals surface area contributed by atoms with Crippen molar-refractivity contribution >= 4 is 21.4 Å². The fourth-order valence-corrected chi connectivity index (χ4v) is 5.32. The number of aromatic nitrogens is 1. The monoisotopic (exact) mass is 351 g/mol. The molecule has 2 aromatic rings. The Balaban J connectivity index is 1.97. The quantitative estimate of drug-likeness (QED) is 0.923. The third kappa shape index (κ3) is 3.19. The lowest BCUT2D eigenvalue weighted by molar-refractivity contribution is 0.233. The number of rotatable bonds is 3. The van der Waals surface area contributed by atoms with Gasteiger partial charge < -0.3 is 5.32 Å². The van der Waals surface area contributed by atoms with E-state index in [0.717, 1.165) is 16.3 Å². The molecule has 1 N–H and O–H groups in total. The average molecular weight is 351 g/mol. The van der Waals surface area contributed by atoms with Gasteiger partial charge in [-0.15, -0.1) is 11.3 Å². The van der Waals surface area contributed by atoms with Gasteiger partial charge >= 0.3 is 0 Å². The molecule has 1 aliphatic rings. The van der Waals surface area contributed by atoms with Gasteiger partial charge in [-0.3, -0.25) is 0 Å². The molecular weight excluding hydrogens is 330 g/mol. The minimum absolute atomic E-state index is 0.0699. The van der Waals surface area contributed by atoms with Crippen molar-refractivity contribution in [2.45, 2.75) is 37.8 Å². The summed E-state index contributed by atoms with van der Waals surface area (Å²) in [5.41, 5.74) is 1.79. The maximum atomic E-state index is 13.0. The molecule has 1 aromatic carbocycles. The summed E-state index contributed by atoms with van der Waals surface area (Å²) in [5.74, 6) is 0. The lowest BCUT2D eigenvalue weighted by Crippen LogP contribution is -2.57. The fourth-order valence-electron chi connectivity index (χ4n) is 2.78. The minimum Gasteiger partial charge on any atom is -0.311 e. The van der Waals surface area contributed by atoms with Gasteiger partial charge in [-0.25, -0.2) is 13.4 Å². The highest BCUT2D eigenvalue weighted by Gasteiger charge is 2.34. The van der Waals surface area contributed by atoms with Gasteiger partial charge in [0.15, 0.2) is 0 Å². The normalized spacial score (nSPS) is 23.1. The number of sulfonamides is 1. The van der Waals surface area contributed by atoms with Crippen LogP contribution in [-0.4, -0.2) is 42.9 Å². The Bertz CT molecular complexity index is 801. The molecule has 2 heterocycles. The van der Waals surface area contributed by atoms with Crippen molar-refractivity contribution in [1.82, 2.24) is 14.6 Å². The first kappa shape index (κ1) is 16.6. The SMILES string of the molecule is Cc1csc(-c2cccc(S(=O)(=O)N3CCNC(C)C3C)c2)n1. The molecule has 0 spiro atoms. The maximum absolute atomic E-state index is 13.0. The van der Waals surface area contributed by atoms with Gasteiger partial charge in [0.25, 0.3) is 0 Å². The summed E-state index contributed by atoms with van der Waals surface area (Å²) in [7, 11) is -3.50. The van der Waals surface area contributed by atoms with E-state index in [1.54, 1.807) is 22.5 Å². The molecule has 2 unspecified atom stereocenters. The zero-order valence-corrected chi connectivity index (χ0v) is 15.1. The lowest BCUT2D eigenvalue weighted by Gasteiger charge is -2.37. The zero-order chi connectivity index (χ0) is 16.6. The van der Waals surface area contributed by atoms with Crippen molar-refractivity contribution in [2.75, 3.05) is 13.1 Å². The van der Waals surface area contributed by atoms with E-state index in [-0.39, 0.29) is 12.1 Å². The van der Waals surface area contributed by atoms with E-state index in [1.165, 1.54) is 11.3 Å². The van der Waals surface area contributed by atoms with Crippen LogP contribution in [0.2, 0.25) is 0 Å². The predicted molar refractivity (Wildman–Crippen MR) is 93.1 cm³/mol. The maximum Gasteiger partial charge on any atom is 0.243 e. The summed E-state index contributed by atoms with van der Waals surface area (Å²) < 4.78 is 27.6. The van der Waals surface area contributed by atoms with Gasteiger partial charge in [0.2, 0.25) is 10.0 Å². The van der Waals surface area contributed by atoms with Crippen molar-refractivity contribution in [1.29, 1.82) is 0 Å². The number of nitrogens with one attached hydrogen (secondary N) is 1. The van der Waals surface area contributed by atoms with Crippen molar-refractivity contribution in [2.24, 2.45) is 0 Å². The van der Waals surface area contributed by atoms with Crippen LogP contribution in [0.4, 0.5) is 0 Å². The molecule has 0 amide bonds. The van der Waals surface area contributed by atoms with Gasteiger partial charge in [0.1, 0.15) is 5.01 Å². The van der Waals surface area contributed by atoms with Crippen molar-refractivity contribution in [3.63, 3.8) is 0 Å². The highest BCUT2D eigenvalue weighted by Crippen LogP contribution is 2.28. The largest absolute Gasteiger partial charge is 0.311 e. The van der Waals surface area contributed by atoms with E-state index in [1.807, 2.05) is 32.2 Å². The molecule has 0 saturated carbocycles. The zero-order valence-electron chi connectivity index (χ0n) is 13.5. The molecule has 0 aliphatic carbocycles. The molecule has 7 heteroatoms. The molecule has 23 heavy (non-hydrogen) atoms. The van der Waals surface area contributed by atoms with E-state index in [0.29, 0.717) is 18.0 Å². The standard InChI is InChI=1S/C16H21N3O2S2/c1-11-10-22-16(18-11)14-5-4-6-15(9-14)23(20,21)19-8-7-17-12(2)13(19)3/h4-6,9-10,12-13,17H,7-8H2,1-3H3. The third-order valence-electron chi connectivity index (χ3n) is 4.28. The second-order valence-electron chi connectivity index (χ2n) is 5.92. The van der Waals surface area contributed by atoms with Gasteiger partial charge in [0.05, 0.1) is 4.90 Å². The summed E-state index contributed by atoms with van der Waals surface area (Å²) in [4.78, 5) is 4.78. The Morgan fingerprint density at radius 3 is 2.83 bits per heavy atom. The van der Waals surface area contributed by atoms with Crippen LogP contribution in [0, 0.1) is 6.92 Å². The van der Waals surface area contributed by atoms with Crippen LogP contribution in [0.3, 0.4) is 0 Å². The van der Waals surface area contributed by atoms with Crippen LogP contribution in [-0.2, 0) is 10.0 Å². The Hall–Kier alpha value is -1.28. The molecule has 1 fully saturated rings. The van der Waals surface area contributed by atoms with Gasteiger partial charge in [-0.2, -0.15) is 4.31 Å². The summed E-state index contributed by atoms with van der Waals surface area (Å²) >= 11 is 1.53. The molecular formula is C16H21N3O2S2. The lowest BCUT2D eigenvalue weighted by atomic mass is 10.1. The first-order chi connectivity index (χ1) is 10.9. The summed E-state index contributed by atoms with van der Waals surface area (Å²) in [5, 5.41) is 6.13. The first-order valence-corrected chi connectivity index (χ1v) is 9.99. The van der Waals surface area contributed by atoms with Crippen molar-refractivity contribution in [3.05, 3.63) is 35.3 Å². The Labute approximate surface area is 141 Å². The smallest absolute Gasteiger partial charge is 0.243 e. The molecule has 1 aromatic heterocycles. The van der Waals surface area contributed by atoms with Crippen molar-refractivity contribution < 1.29 is 8.42 Å². The van der Waals surface area contributed by atoms with E-state index < -0.39 is 10.0 Å². The third-order valence-corrected chi connectivity index (χ3v) is 7.27. The molecule has 0 bridgehead atoms. The predicted octanol–water partition coefficient (Wildman–Crippen LogP) is 2.49. The fraction of sp³-hybridized carbons (Fsp3) is 0.438. The Morgan fingerprint density at radius 2 is 2.13 bits per heavy atom. The first-order valence-electron chi connectivity index (χ1n) is 7.67. The van der Waals surface area contributed by atoms with Gasteiger partial charge in [-0.1, -0.05) is 12.1 Å². The summed E-state index contributed by atoms with van der Waals surface area (Å²) in [6.07, 6.45) is 0. The molecule has 5 nitrogen and oxygen atoms in total. The molecule has 1 aliphatic heterocycles. The molecule has 1 saturated heterocycles. The second kappa shape index (κ2) is 6.32. The average Bonchev–Trinajstić information content (AvgIpc) is 2.96. The Morgan fingerprint density at radius 1 is 1.35 bits per heavy atom. The summed E-state index contributed by atoms with van der Waals surface area (Å²) in [6, 6.07) is 7.16. The number of nitrogens with zero attached hydrogens (tertiary/aromatic N) is 2. The number of hydrogen-bond donors (Lipinski definition) is 1.